The van der Waals surface area contributed by atoms with Gasteiger partial charge in [-0.3, -0.25) is 4.79 Å². The third kappa shape index (κ3) is 3.97. The number of hydrogen-bond donors (Lipinski definition) is 1. The van der Waals surface area contributed by atoms with Gasteiger partial charge in [0.15, 0.2) is 11.5 Å². The minimum absolute atomic E-state index is 0.314. The Morgan fingerprint density at radius 3 is 2.38 bits per heavy atom. The molecule has 1 N–H and O–H groups in total. The Labute approximate surface area is 169 Å². The summed E-state index contributed by atoms with van der Waals surface area (Å²) in [5.74, 6) is 0.0321. The highest BCUT2D eigenvalue weighted by Crippen LogP contribution is 2.40. The molecule has 29 heavy (non-hydrogen) atoms. The van der Waals surface area contributed by atoms with Gasteiger partial charge in [0, 0.05) is 42.0 Å². The Hall–Kier alpha value is -3.66. The van der Waals surface area contributed by atoms with Gasteiger partial charge < -0.3 is 24.1 Å². The van der Waals surface area contributed by atoms with Gasteiger partial charge in [-0.15, -0.1) is 0 Å². The van der Waals surface area contributed by atoms with E-state index in [4.69, 9.17) is 14.2 Å². The SMILES string of the molecule is COc1cc(NC(=O)[C@H](C#N)Cc2cn(C)c3ccccc23)cc(OC)c1OC. The van der Waals surface area contributed by atoms with E-state index in [1.54, 1.807) is 12.1 Å². The van der Waals surface area contributed by atoms with E-state index in [-0.39, 0.29) is 0 Å². The summed E-state index contributed by atoms with van der Waals surface area (Å²) in [7, 11) is 6.46. The first kappa shape index (κ1) is 20.1. The molecule has 2 aromatic carbocycles. The first-order valence-corrected chi connectivity index (χ1v) is 9.05. The van der Waals surface area contributed by atoms with Crippen molar-refractivity contribution in [1.29, 1.82) is 5.26 Å². The van der Waals surface area contributed by atoms with E-state index >= 15 is 0 Å². The summed E-state index contributed by atoms with van der Waals surface area (Å²) in [6.07, 6.45) is 2.27. The minimum Gasteiger partial charge on any atom is -0.493 e. The first-order chi connectivity index (χ1) is 14.0. The number of aromatic nitrogens is 1. The van der Waals surface area contributed by atoms with Crippen LogP contribution in [-0.2, 0) is 18.3 Å². The number of anilines is 1. The van der Waals surface area contributed by atoms with Gasteiger partial charge >= 0.3 is 0 Å². The predicted molar refractivity (Wildman–Crippen MR) is 110 cm³/mol. The molecule has 0 bridgehead atoms. The average Bonchev–Trinajstić information content (AvgIpc) is 3.06. The molecule has 1 aromatic heterocycles. The molecular formula is C22H23N3O4. The number of carbonyl (C=O) groups excluding carboxylic acids is 1. The lowest BCUT2D eigenvalue weighted by Gasteiger charge is -2.15. The van der Waals surface area contributed by atoms with E-state index in [9.17, 15) is 10.1 Å². The molecule has 3 aromatic rings. The minimum atomic E-state index is -0.847. The van der Waals surface area contributed by atoms with Crippen LogP contribution in [0.1, 0.15) is 5.56 Å². The van der Waals surface area contributed by atoms with Crippen LogP contribution in [0, 0.1) is 17.2 Å². The Bertz CT molecular complexity index is 1060. The molecule has 1 amide bonds. The molecular weight excluding hydrogens is 370 g/mol. The topological polar surface area (TPSA) is 85.5 Å². The second-order valence-corrected chi connectivity index (χ2v) is 6.57. The smallest absolute Gasteiger partial charge is 0.242 e. The number of fused-ring (bicyclic) bond motifs is 1. The van der Waals surface area contributed by atoms with Gasteiger partial charge in [-0.2, -0.15) is 5.26 Å². The van der Waals surface area contributed by atoms with Crippen molar-refractivity contribution in [2.24, 2.45) is 13.0 Å². The first-order valence-electron chi connectivity index (χ1n) is 9.05. The van der Waals surface area contributed by atoms with Crippen molar-refractivity contribution in [2.75, 3.05) is 26.6 Å². The summed E-state index contributed by atoms with van der Waals surface area (Å²) >= 11 is 0. The fraction of sp³-hybridized carbons (Fsp3) is 0.273. The quantitative estimate of drug-likeness (QED) is 0.664. The van der Waals surface area contributed by atoms with Crippen molar-refractivity contribution < 1.29 is 19.0 Å². The van der Waals surface area contributed by atoms with Crippen LogP contribution < -0.4 is 19.5 Å². The molecule has 0 aliphatic heterocycles. The number of methoxy groups -OCH3 is 3. The van der Waals surface area contributed by atoms with Crippen LogP contribution in [-0.4, -0.2) is 31.8 Å². The normalized spacial score (nSPS) is 11.6. The van der Waals surface area contributed by atoms with E-state index in [2.05, 4.69) is 11.4 Å². The zero-order valence-corrected chi connectivity index (χ0v) is 16.9. The van der Waals surface area contributed by atoms with Gasteiger partial charge in [0.05, 0.1) is 27.4 Å². The molecule has 0 radical (unpaired) electrons. The monoisotopic (exact) mass is 393 g/mol. The number of carbonyl (C=O) groups is 1. The van der Waals surface area contributed by atoms with E-state index < -0.39 is 11.8 Å². The van der Waals surface area contributed by atoms with Gasteiger partial charge in [-0.05, 0) is 18.1 Å². The summed E-state index contributed by atoms with van der Waals surface area (Å²) in [4.78, 5) is 12.8. The van der Waals surface area contributed by atoms with Crippen LogP contribution in [0.25, 0.3) is 10.9 Å². The molecule has 1 heterocycles. The third-order valence-corrected chi connectivity index (χ3v) is 4.81. The van der Waals surface area contributed by atoms with Crippen LogP contribution in [0.2, 0.25) is 0 Å². The molecule has 0 saturated carbocycles. The van der Waals surface area contributed by atoms with Crippen molar-refractivity contribution >= 4 is 22.5 Å². The van der Waals surface area contributed by atoms with E-state index in [1.807, 2.05) is 42.1 Å². The van der Waals surface area contributed by atoms with Crippen LogP contribution in [0.5, 0.6) is 17.2 Å². The van der Waals surface area contributed by atoms with Crippen molar-refractivity contribution in [3.8, 4) is 23.3 Å². The van der Waals surface area contributed by atoms with Gasteiger partial charge in [0.2, 0.25) is 11.7 Å². The van der Waals surface area contributed by atoms with Crippen molar-refractivity contribution in [2.45, 2.75) is 6.42 Å². The largest absolute Gasteiger partial charge is 0.493 e. The van der Waals surface area contributed by atoms with Gasteiger partial charge in [0.25, 0.3) is 0 Å². The van der Waals surface area contributed by atoms with Gasteiger partial charge in [0.1, 0.15) is 5.92 Å². The summed E-state index contributed by atoms with van der Waals surface area (Å²) in [5, 5.41) is 13.4. The third-order valence-electron chi connectivity index (χ3n) is 4.81. The molecule has 150 valence electrons. The average molecular weight is 393 g/mol. The maximum absolute atomic E-state index is 12.8. The maximum atomic E-state index is 12.8. The summed E-state index contributed by atoms with van der Waals surface area (Å²) in [5.41, 5.74) is 2.47. The molecule has 0 spiro atoms. The number of nitriles is 1. The highest BCUT2D eigenvalue weighted by Gasteiger charge is 2.22. The van der Waals surface area contributed by atoms with Crippen LogP contribution in [0.15, 0.2) is 42.6 Å². The number of hydrogen-bond acceptors (Lipinski definition) is 5. The number of amides is 1. The molecule has 1 atom stereocenters. The van der Waals surface area contributed by atoms with Crippen molar-refractivity contribution in [3.05, 3.63) is 48.2 Å². The second kappa shape index (κ2) is 8.57. The van der Waals surface area contributed by atoms with Crippen LogP contribution in [0.4, 0.5) is 5.69 Å². The molecule has 0 fully saturated rings. The van der Waals surface area contributed by atoms with Crippen molar-refractivity contribution in [1.82, 2.24) is 4.57 Å². The highest BCUT2D eigenvalue weighted by molar-refractivity contribution is 5.95. The summed E-state index contributed by atoms with van der Waals surface area (Å²) in [6, 6.07) is 13.3. The van der Waals surface area contributed by atoms with Crippen LogP contribution >= 0.6 is 0 Å². The number of rotatable bonds is 7. The number of para-hydroxylation sites is 1. The number of ether oxygens (including phenoxy) is 3. The summed E-state index contributed by atoms with van der Waals surface area (Å²) in [6.45, 7) is 0. The number of nitrogens with one attached hydrogen (secondary N) is 1. The predicted octanol–water partition coefficient (Wildman–Crippen LogP) is 3.53. The summed E-state index contributed by atoms with van der Waals surface area (Å²) < 4.78 is 17.9. The van der Waals surface area contributed by atoms with Gasteiger partial charge in [-0.1, -0.05) is 18.2 Å². The zero-order chi connectivity index (χ0) is 21.0. The van der Waals surface area contributed by atoms with E-state index in [0.29, 0.717) is 29.4 Å². The molecule has 0 unspecified atom stereocenters. The number of nitrogens with zero attached hydrogens (tertiary/aromatic N) is 2. The Kier molecular flexibility index (Phi) is 5.93. The molecule has 0 aliphatic carbocycles. The molecule has 0 saturated heterocycles. The molecule has 7 heteroatoms. The fourth-order valence-electron chi connectivity index (χ4n) is 3.39. The highest BCUT2D eigenvalue weighted by atomic mass is 16.5. The lowest BCUT2D eigenvalue weighted by Crippen LogP contribution is -2.23. The van der Waals surface area contributed by atoms with E-state index in [1.165, 1.54) is 21.3 Å². The van der Waals surface area contributed by atoms with Crippen molar-refractivity contribution in [3.63, 3.8) is 0 Å². The lowest BCUT2D eigenvalue weighted by molar-refractivity contribution is -0.118. The fourth-order valence-corrected chi connectivity index (χ4v) is 3.39. The van der Waals surface area contributed by atoms with E-state index in [0.717, 1.165) is 16.5 Å². The zero-order valence-electron chi connectivity index (χ0n) is 16.9. The number of aryl methyl sites for hydroxylation is 1. The molecule has 3 rings (SSSR count). The Morgan fingerprint density at radius 1 is 1.14 bits per heavy atom. The second-order valence-electron chi connectivity index (χ2n) is 6.57. The Balaban J connectivity index is 1.84. The molecule has 0 aliphatic rings. The number of benzene rings is 2. The maximum Gasteiger partial charge on any atom is 0.242 e. The Morgan fingerprint density at radius 2 is 1.79 bits per heavy atom. The lowest BCUT2D eigenvalue weighted by atomic mass is 9.99. The molecule has 7 nitrogen and oxygen atoms in total. The standard InChI is InChI=1S/C22H23N3O4/c1-25-13-15(17-7-5-6-8-18(17)25)9-14(12-23)22(26)24-16-10-19(27-2)21(29-4)20(11-16)28-3/h5-8,10-11,13-14H,9H2,1-4H3,(H,24,26)/t14-/m0/s1. The van der Waals surface area contributed by atoms with Gasteiger partial charge in [-0.25, -0.2) is 0 Å². The van der Waals surface area contributed by atoms with Crippen LogP contribution in [0.3, 0.4) is 0 Å².